The zero-order valence-electron chi connectivity index (χ0n) is 5.99. The highest BCUT2D eigenvalue weighted by molar-refractivity contribution is 7.80. The molecule has 0 aliphatic rings. The van der Waals surface area contributed by atoms with E-state index in [0.717, 1.165) is 5.75 Å². The lowest BCUT2D eigenvalue weighted by molar-refractivity contribution is 0.880. The van der Waals surface area contributed by atoms with Crippen LogP contribution in [0.2, 0.25) is 0 Å². The molecular formula is C8H11NS. The fourth-order valence-electron chi connectivity index (χ4n) is 0.797. The van der Waals surface area contributed by atoms with Crippen LogP contribution in [0.5, 0.6) is 0 Å². The molecule has 0 amide bonds. The van der Waals surface area contributed by atoms with Gasteiger partial charge in [-0.05, 0) is 29.4 Å². The zero-order chi connectivity index (χ0) is 7.40. The molecule has 0 bridgehead atoms. The van der Waals surface area contributed by atoms with Crippen molar-refractivity contribution in [2.75, 3.05) is 5.75 Å². The summed E-state index contributed by atoms with van der Waals surface area (Å²) in [4.78, 5) is 3.94. The van der Waals surface area contributed by atoms with Gasteiger partial charge in [0, 0.05) is 12.4 Å². The van der Waals surface area contributed by atoms with Crippen LogP contribution in [0.1, 0.15) is 18.4 Å². The Kier molecular flexibility index (Phi) is 2.75. The molecule has 1 aromatic rings. The molecule has 1 heterocycles. The first-order valence-electron chi connectivity index (χ1n) is 3.35. The lowest BCUT2D eigenvalue weighted by Crippen LogP contribution is -1.93. The Morgan fingerprint density at radius 3 is 2.60 bits per heavy atom. The quantitative estimate of drug-likeness (QED) is 0.642. The van der Waals surface area contributed by atoms with E-state index in [1.165, 1.54) is 5.56 Å². The summed E-state index contributed by atoms with van der Waals surface area (Å²) >= 11 is 4.21. The van der Waals surface area contributed by atoms with Gasteiger partial charge < -0.3 is 0 Å². The Morgan fingerprint density at radius 1 is 1.50 bits per heavy atom. The number of thiol groups is 1. The second-order valence-corrected chi connectivity index (χ2v) is 2.73. The first-order chi connectivity index (χ1) is 4.84. The second kappa shape index (κ2) is 3.62. The lowest BCUT2D eigenvalue weighted by atomic mass is 10.1. The molecule has 0 saturated heterocycles. The monoisotopic (exact) mass is 153 g/mol. The van der Waals surface area contributed by atoms with Gasteiger partial charge in [-0.1, -0.05) is 6.92 Å². The Bertz CT molecular complexity index is 186. The molecule has 1 rings (SSSR count). The summed E-state index contributed by atoms with van der Waals surface area (Å²) in [5.74, 6) is 1.43. The molecule has 0 aliphatic heterocycles. The number of pyridine rings is 1. The van der Waals surface area contributed by atoms with Crippen LogP contribution < -0.4 is 0 Å². The third-order valence-electron chi connectivity index (χ3n) is 1.55. The SMILES string of the molecule is CC(CS)c1ccncc1. The third kappa shape index (κ3) is 1.74. The van der Waals surface area contributed by atoms with Crippen molar-refractivity contribution in [3.05, 3.63) is 30.1 Å². The van der Waals surface area contributed by atoms with Crippen LogP contribution in [0, 0.1) is 0 Å². The molecule has 0 aromatic carbocycles. The van der Waals surface area contributed by atoms with Crippen molar-refractivity contribution in [3.8, 4) is 0 Å². The molecule has 0 spiro atoms. The molecule has 54 valence electrons. The smallest absolute Gasteiger partial charge is 0.0270 e. The first kappa shape index (κ1) is 7.61. The Hall–Kier alpha value is -0.500. The van der Waals surface area contributed by atoms with Crippen LogP contribution in [-0.4, -0.2) is 10.7 Å². The highest BCUT2D eigenvalue weighted by atomic mass is 32.1. The molecular weight excluding hydrogens is 142 g/mol. The van der Waals surface area contributed by atoms with E-state index in [1.54, 1.807) is 0 Å². The predicted molar refractivity (Wildman–Crippen MR) is 46.5 cm³/mol. The predicted octanol–water partition coefficient (Wildman–Crippen LogP) is 2.11. The van der Waals surface area contributed by atoms with Gasteiger partial charge in [0.05, 0.1) is 0 Å². The van der Waals surface area contributed by atoms with Crippen LogP contribution in [0.15, 0.2) is 24.5 Å². The van der Waals surface area contributed by atoms with Crippen molar-refractivity contribution in [1.29, 1.82) is 0 Å². The van der Waals surface area contributed by atoms with Gasteiger partial charge in [0.25, 0.3) is 0 Å². The molecule has 0 radical (unpaired) electrons. The fourth-order valence-corrected chi connectivity index (χ4v) is 1.01. The third-order valence-corrected chi connectivity index (χ3v) is 2.10. The van der Waals surface area contributed by atoms with Gasteiger partial charge in [-0.2, -0.15) is 12.6 Å². The standard InChI is InChI=1S/C8H11NS/c1-7(6-10)8-2-4-9-5-3-8/h2-5,7,10H,6H2,1H3. The molecule has 1 atom stereocenters. The van der Waals surface area contributed by atoms with Gasteiger partial charge in [0.15, 0.2) is 0 Å². The van der Waals surface area contributed by atoms with Gasteiger partial charge in [0.1, 0.15) is 0 Å². The minimum Gasteiger partial charge on any atom is -0.265 e. The van der Waals surface area contributed by atoms with Crippen LogP contribution in [0.25, 0.3) is 0 Å². The molecule has 10 heavy (non-hydrogen) atoms. The Balaban J connectivity index is 2.75. The molecule has 1 nitrogen and oxygen atoms in total. The molecule has 1 unspecified atom stereocenters. The van der Waals surface area contributed by atoms with Crippen LogP contribution in [0.4, 0.5) is 0 Å². The minimum atomic E-state index is 0.534. The number of nitrogens with zero attached hydrogens (tertiary/aromatic N) is 1. The summed E-state index contributed by atoms with van der Waals surface area (Å²) in [6, 6.07) is 4.06. The maximum atomic E-state index is 4.21. The van der Waals surface area contributed by atoms with E-state index < -0.39 is 0 Å². The summed E-state index contributed by atoms with van der Waals surface area (Å²) in [6.07, 6.45) is 3.63. The highest BCUT2D eigenvalue weighted by Crippen LogP contribution is 2.13. The van der Waals surface area contributed by atoms with E-state index >= 15 is 0 Å². The Morgan fingerprint density at radius 2 is 2.10 bits per heavy atom. The summed E-state index contributed by atoms with van der Waals surface area (Å²) in [7, 11) is 0. The van der Waals surface area contributed by atoms with E-state index in [-0.39, 0.29) is 0 Å². The topological polar surface area (TPSA) is 12.9 Å². The summed E-state index contributed by atoms with van der Waals surface area (Å²) in [6.45, 7) is 2.16. The molecule has 1 aromatic heterocycles. The number of hydrogen-bond donors (Lipinski definition) is 1. The average Bonchev–Trinajstić information content (AvgIpc) is 2.05. The molecule has 0 saturated carbocycles. The second-order valence-electron chi connectivity index (χ2n) is 2.36. The molecule has 0 aliphatic carbocycles. The largest absolute Gasteiger partial charge is 0.265 e. The summed E-state index contributed by atoms with van der Waals surface area (Å²) in [5, 5.41) is 0. The van der Waals surface area contributed by atoms with Crippen molar-refractivity contribution in [1.82, 2.24) is 4.98 Å². The number of hydrogen-bond acceptors (Lipinski definition) is 2. The zero-order valence-corrected chi connectivity index (χ0v) is 6.88. The highest BCUT2D eigenvalue weighted by Gasteiger charge is 1.99. The molecule has 2 heteroatoms. The number of aromatic nitrogens is 1. The average molecular weight is 153 g/mol. The summed E-state index contributed by atoms with van der Waals surface area (Å²) in [5.41, 5.74) is 1.31. The van der Waals surface area contributed by atoms with E-state index in [4.69, 9.17) is 0 Å². The maximum absolute atomic E-state index is 4.21. The van der Waals surface area contributed by atoms with Crippen LogP contribution in [-0.2, 0) is 0 Å². The van der Waals surface area contributed by atoms with Crippen molar-refractivity contribution in [3.63, 3.8) is 0 Å². The van der Waals surface area contributed by atoms with E-state index in [2.05, 4.69) is 24.5 Å². The number of rotatable bonds is 2. The normalized spacial score (nSPS) is 13.0. The van der Waals surface area contributed by atoms with Gasteiger partial charge in [0.2, 0.25) is 0 Å². The van der Waals surface area contributed by atoms with Crippen molar-refractivity contribution in [2.24, 2.45) is 0 Å². The van der Waals surface area contributed by atoms with Gasteiger partial charge in [-0.15, -0.1) is 0 Å². The van der Waals surface area contributed by atoms with E-state index in [0.29, 0.717) is 5.92 Å². The van der Waals surface area contributed by atoms with Crippen molar-refractivity contribution < 1.29 is 0 Å². The molecule has 0 N–H and O–H groups in total. The summed E-state index contributed by atoms with van der Waals surface area (Å²) < 4.78 is 0. The van der Waals surface area contributed by atoms with E-state index in [9.17, 15) is 0 Å². The minimum absolute atomic E-state index is 0.534. The van der Waals surface area contributed by atoms with Gasteiger partial charge in [-0.3, -0.25) is 4.98 Å². The lowest BCUT2D eigenvalue weighted by Gasteiger charge is -2.05. The van der Waals surface area contributed by atoms with E-state index in [1.807, 2.05) is 24.5 Å². The fraction of sp³-hybridized carbons (Fsp3) is 0.375. The van der Waals surface area contributed by atoms with Crippen molar-refractivity contribution in [2.45, 2.75) is 12.8 Å². The van der Waals surface area contributed by atoms with Crippen molar-refractivity contribution >= 4 is 12.6 Å². The maximum Gasteiger partial charge on any atom is 0.0270 e. The van der Waals surface area contributed by atoms with Crippen LogP contribution >= 0.6 is 12.6 Å². The molecule has 0 fully saturated rings. The van der Waals surface area contributed by atoms with Gasteiger partial charge in [-0.25, -0.2) is 0 Å². The Labute approximate surface area is 66.9 Å². The van der Waals surface area contributed by atoms with Crippen LogP contribution in [0.3, 0.4) is 0 Å². The van der Waals surface area contributed by atoms with Gasteiger partial charge >= 0.3 is 0 Å². The first-order valence-corrected chi connectivity index (χ1v) is 3.98.